The fourth-order valence-corrected chi connectivity index (χ4v) is 4.22. The third kappa shape index (κ3) is 5.54. The lowest BCUT2D eigenvalue weighted by molar-refractivity contribution is -0.117. The minimum absolute atomic E-state index is 0.0408. The second kappa shape index (κ2) is 10.8. The largest absolute Gasteiger partial charge is 0.488 e. The Morgan fingerprint density at radius 3 is 2.53 bits per heavy atom. The molecule has 4 aromatic rings. The van der Waals surface area contributed by atoms with Crippen LogP contribution in [0, 0.1) is 11.3 Å². The molecular weight excluding hydrogens is 488 g/mol. The Bertz CT molecular complexity index is 1390. The van der Waals surface area contributed by atoms with E-state index >= 15 is 0 Å². The van der Waals surface area contributed by atoms with Gasteiger partial charge >= 0.3 is 0 Å². The number of nitrogens with one attached hydrogen (secondary N) is 1. The molecule has 0 fully saturated rings. The fourth-order valence-electron chi connectivity index (χ4n) is 3.71. The second-order valence-electron chi connectivity index (χ2n) is 7.89. The monoisotopic (exact) mass is 510 g/mol. The highest BCUT2D eigenvalue weighted by atomic mass is 79.9. The van der Waals surface area contributed by atoms with E-state index < -0.39 is 5.91 Å². The molecule has 1 amide bonds. The first kappa shape index (κ1) is 23.3. The summed E-state index contributed by atoms with van der Waals surface area (Å²) in [6.07, 6.45) is 1.58. The van der Waals surface area contributed by atoms with Crippen molar-refractivity contribution in [2.24, 2.45) is 0 Å². The van der Waals surface area contributed by atoms with Gasteiger partial charge in [0.15, 0.2) is 0 Å². The molecule has 5 heteroatoms. The normalized spacial score (nSPS) is 12.1. The number of carbonyl (C=O) groups is 1. The van der Waals surface area contributed by atoms with Crippen LogP contribution in [0.25, 0.3) is 16.8 Å². The van der Waals surface area contributed by atoms with Crippen molar-refractivity contribution in [2.45, 2.75) is 19.6 Å². The smallest absolute Gasteiger partial charge is 0.262 e. The van der Waals surface area contributed by atoms with Crippen molar-refractivity contribution in [3.63, 3.8) is 0 Å². The average molecular weight is 511 g/mol. The van der Waals surface area contributed by atoms with Crippen LogP contribution < -0.4 is 10.1 Å². The first-order valence-corrected chi connectivity index (χ1v) is 11.7. The van der Waals surface area contributed by atoms with Gasteiger partial charge in [0.25, 0.3) is 5.91 Å². The van der Waals surface area contributed by atoms with Crippen LogP contribution in [0.4, 0.5) is 0 Å². The Hall–Kier alpha value is -3.88. The summed E-state index contributed by atoms with van der Waals surface area (Å²) >= 11 is 3.55. The lowest BCUT2D eigenvalue weighted by Gasteiger charge is -2.14. The lowest BCUT2D eigenvalue weighted by atomic mass is 10.1. The Morgan fingerprint density at radius 1 is 1.03 bits per heavy atom. The van der Waals surface area contributed by atoms with Gasteiger partial charge in [0.05, 0.1) is 10.5 Å². The van der Waals surface area contributed by atoms with E-state index in [9.17, 15) is 10.1 Å². The summed E-state index contributed by atoms with van der Waals surface area (Å²) < 4.78 is 6.80. The topological polar surface area (TPSA) is 62.1 Å². The standard InChI is InChI=1S/C29H23BrN2O2/c1-20(22-8-3-2-4-9-22)32-29(33)25(18-31)16-21-14-15-28(27(30)17-21)34-19-24-12-7-11-23-10-5-6-13-26(23)24/h2-17,20H,19H2,1H3,(H,32,33)/b25-16+/t20-/m1/s1. The summed E-state index contributed by atoms with van der Waals surface area (Å²) in [4.78, 5) is 12.6. The predicted octanol–water partition coefficient (Wildman–Crippen LogP) is 6.97. The molecule has 0 spiro atoms. The summed E-state index contributed by atoms with van der Waals surface area (Å²) in [7, 11) is 0. The second-order valence-corrected chi connectivity index (χ2v) is 8.75. The van der Waals surface area contributed by atoms with E-state index in [1.807, 2.05) is 79.7 Å². The van der Waals surface area contributed by atoms with Gasteiger partial charge in [0.1, 0.15) is 24.0 Å². The van der Waals surface area contributed by atoms with Crippen molar-refractivity contribution in [2.75, 3.05) is 0 Å². The van der Waals surface area contributed by atoms with Gasteiger partial charge in [0, 0.05) is 0 Å². The minimum Gasteiger partial charge on any atom is -0.488 e. The molecule has 0 aromatic heterocycles. The molecule has 34 heavy (non-hydrogen) atoms. The first-order valence-electron chi connectivity index (χ1n) is 10.9. The molecule has 0 saturated heterocycles. The molecule has 4 rings (SSSR count). The van der Waals surface area contributed by atoms with Crippen LogP contribution in [0.1, 0.15) is 29.7 Å². The summed E-state index contributed by atoms with van der Waals surface area (Å²) in [5.41, 5.74) is 2.84. The SMILES string of the molecule is C[C@@H](NC(=O)/C(C#N)=C/c1ccc(OCc2cccc3ccccc23)c(Br)c1)c1ccccc1. The first-order chi connectivity index (χ1) is 16.5. The highest BCUT2D eigenvalue weighted by Crippen LogP contribution is 2.29. The van der Waals surface area contributed by atoms with Crippen molar-refractivity contribution in [1.29, 1.82) is 5.26 Å². The maximum atomic E-state index is 12.6. The van der Waals surface area contributed by atoms with E-state index in [0.29, 0.717) is 12.4 Å². The van der Waals surface area contributed by atoms with Gasteiger partial charge in [-0.05, 0) is 68.5 Å². The molecule has 4 aromatic carbocycles. The van der Waals surface area contributed by atoms with Crippen LogP contribution in [0.3, 0.4) is 0 Å². The van der Waals surface area contributed by atoms with Gasteiger partial charge in [-0.2, -0.15) is 5.26 Å². The lowest BCUT2D eigenvalue weighted by Crippen LogP contribution is -2.27. The highest BCUT2D eigenvalue weighted by Gasteiger charge is 2.14. The summed E-state index contributed by atoms with van der Waals surface area (Å²) in [5.74, 6) is 0.275. The summed E-state index contributed by atoms with van der Waals surface area (Å²) in [6, 6.07) is 31.3. The zero-order valence-corrected chi connectivity index (χ0v) is 20.2. The van der Waals surface area contributed by atoms with Gasteiger partial charge in [-0.15, -0.1) is 0 Å². The molecule has 168 valence electrons. The van der Waals surface area contributed by atoms with E-state index in [1.54, 1.807) is 6.08 Å². The van der Waals surface area contributed by atoms with Crippen LogP contribution in [0.5, 0.6) is 5.75 Å². The van der Waals surface area contributed by atoms with E-state index in [1.165, 1.54) is 5.39 Å². The number of rotatable bonds is 7. The molecule has 0 aliphatic heterocycles. The van der Waals surface area contributed by atoms with Crippen LogP contribution in [-0.4, -0.2) is 5.91 Å². The molecule has 0 heterocycles. The molecule has 4 nitrogen and oxygen atoms in total. The van der Waals surface area contributed by atoms with Crippen molar-refractivity contribution < 1.29 is 9.53 Å². The number of halogens is 1. The van der Waals surface area contributed by atoms with Crippen LogP contribution in [0.15, 0.2) is 101 Å². The van der Waals surface area contributed by atoms with E-state index in [2.05, 4.69) is 45.5 Å². The molecule has 0 bridgehead atoms. The number of amides is 1. The van der Waals surface area contributed by atoms with Crippen LogP contribution >= 0.6 is 15.9 Å². The van der Waals surface area contributed by atoms with Gasteiger partial charge in [-0.25, -0.2) is 0 Å². The number of hydrogen-bond acceptors (Lipinski definition) is 3. The Balaban J connectivity index is 1.46. The Morgan fingerprint density at radius 2 is 1.76 bits per heavy atom. The average Bonchev–Trinajstić information content (AvgIpc) is 2.87. The van der Waals surface area contributed by atoms with Crippen LogP contribution in [-0.2, 0) is 11.4 Å². The molecule has 0 aliphatic carbocycles. The van der Waals surface area contributed by atoms with Gasteiger partial charge < -0.3 is 10.1 Å². The number of fused-ring (bicyclic) bond motifs is 1. The Labute approximate surface area is 207 Å². The zero-order valence-electron chi connectivity index (χ0n) is 18.7. The predicted molar refractivity (Wildman–Crippen MR) is 139 cm³/mol. The van der Waals surface area contributed by atoms with Gasteiger partial charge in [-0.1, -0.05) is 78.9 Å². The Kier molecular flexibility index (Phi) is 7.41. The van der Waals surface area contributed by atoms with E-state index in [0.717, 1.165) is 26.5 Å². The van der Waals surface area contributed by atoms with Gasteiger partial charge in [0.2, 0.25) is 0 Å². The third-order valence-corrected chi connectivity index (χ3v) is 6.16. The molecule has 0 radical (unpaired) electrons. The number of hydrogen-bond donors (Lipinski definition) is 1. The molecule has 0 aliphatic rings. The van der Waals surface area contributed by atoms with Crippen molar-refractivity contribution in [1.82, 2.24) is 5.32 Å². The molecule has 0 unspecified atom stereocenters. The highest BCUT2D eigenvalue weighted by molar-refractivity contribution is 9.10. The maximum absolute atomic E-state index is 12.6. The van der Waals surface area contributed by atoms with Gasteiger partial charge in [-0.3, -0.25) is 4.79 Å². The third-order valence-electron chi connectivity index (χ3n) is 5.54. The van der Waals surface area contributed by atoms with Crippen molar-refractivity contribution in [3.8, 4) is 11.8 Å². The molecule has 1 N–H and O–H groups in total. The summed E-state index contributed by atoms with van der Waals surface area (Å²) in [5, 5.41) is 14.8. The van der Waals surface area contributed by atoms with Crippen LogP contribution in [0.2, 0.25) is 0 Å². The molecule has 0 saturated carbocycles. The maximum Gasteiger partial charge on any atom is 0.262 e. The number of ether oxygens (including phenoxy) is 1. The number of benzene rings is 4. The number of nitrogens with zero attached hydrogens (tertiary/aromatic N) is 1. The number of carbonyl (C=O) groups excluding carboxylic acids is 1. The van der Waals surface area contributed by atoms with E-state index in [4.69, 9.17) is 4.74 Å². The molecule has 1 atom stereocenters. The van der Waals surface area contributed by atoms with Crippen molar-refractivity contribution >= 4 is 38.7 Å². The fraction of sp³-hybridized carbons (Fsp3) is 0.103. The summed E-state index contributed by atoms with van der Waals surface area (Å²) in [6.45, 7) is 2.32. The minimum atomic E-state index is -0.411. The molecular formula is C29H23BrN2O2. The quantitative estimate of drug-likeness (QED) is 0.215. The zero-order chi connectivity index (χ0) is 23.9. The van der Waals surface area contributed by atoms with Crippen molar-refractivity contribution in [3.05, 3.63) is 118 Å². The number of nitriles is 1. The van der Waals surface area contributed by atoms with E-state index in [-0.39, 0.29) is 11.6 Å².